The summed E-state index contributed by atoms with van der Waals surface area (Å²) in [7, 11) is 7.10. The first-order chi connectivity index (χ1) is 22.7. The van der Waals surface area contributed by atoms with Crippen LogP contribution in [-0.2, 0) is 37.0 Å². The average molecular weight is 647 g/mol. The Bertz CT molecular complexity index is 1900. The molecule has 0 amide bonds. The lowest BCUT2D eigenvalue weighted by molar-refractivity contribution is -0.114. The molecule has 12 heteroatoms. The van der Waals surface area contributed by atoms with Crippen LogP contribution in [0.5, 0.6) is 17.2 Å². The van der Waals surface area contributed by atoms with Gasteiger partial charge in [0, 0.05) is 5.56 Å². The van der Waals surface area contributed by atoms with Crippen LogP contribution in [0.3, 0.4) is 0 Å². The molecule has 1 aliphatic rings. The second kappa shape index (κ2) is 13.9. The predicted molar refractivity (Wildman–Crippen MR) is 168 cm³/mol. The highest BCUT2D eigenvalue weighted by molar-refractivity contribution is 6.08. The van der Waals surface area contributed by atoms with E-state index in [-0.39, 0.29) is 58.7 Å². The quantitative estimate of drug-likeness (QED) is 0.122. The van der Waals surface area contributed by atoms with E-state index in [1.54, 1.807) is 36.4 Å². The van der Waals surface area contributed by atoms with E-state index in [4.69, 9.17) is 42.0 Å². The van der Waals surface area contributed by atoms with E-state index in [0.717, 1.165) is 0 Å². The molecule has 246 valence electrons. The first-order valence-corrected chi connectivity index (χ1v) is 14.4. The van der Waals surface area contributed by atoms with E-state index in [1.807, 2.05) is 0 Å². The minimum absolute atomic E-state index is 0.00685. The number of ketones is 2. The van der Waals surface area contributed by atoms with E-state index in [2.05, 4.69) is 0 Å². The molecule has 1 aliphatic carbocycles. The maximum atomic E-state index is 13.0. The van der Waals surface area contributed by atoms with Crippen molar-refractivity contribution in [1.29, 1.82) is 0 Å². The highest BCUT2D eigenvalue weighted by Crippen LogP contribution is 2.47. The number of fused-ring (bicyclic) bond motifs is 2. The summed E-state index contributed by atoms with van der Waals surface area (Å²) in [5, 5.41) is 0.549. The molecule has 2 aromatic heterocycles. The lowest BCUT2D eigenvalue weighted by atomic mass is 10.0. The van der Waals surface area contributed by atoms with E-state index in [1.165, 1.54) is 61.9 Å². The molecular formula is C35H34O12. The summed E-state index contributed by atoms with van der Waals surface area (Å²) < 4.78 is 51.1. The normalized spacial score (nSPS) is 14.2. The second-order valence-electron chi connectivity index (χ2n) is 10.4. The summed E-state index contributed by atoms with van der Waals surface area (Å²) in [5.41, 5.74) is 2.61. The van der Waals surface area contributed by atoms with Crippen molar-refractivity contribution in [3.05, 3.63) is 88.1 Å². The molecule has 12 nitrogen and oxygen atoms in total. The van der Waals surface area contributed by atoms with Gasteiger partial charge in [-0.3, -0.25) is 9.59 Å². The third-order valence-corrected chi connectivity index (χ3v) is 7.69. The van der Waals surface area contributed by atoms with Gasteiger partial charge in [-0.2, -0.15) is 0 Å². The van der Waals surface area contributed by atoms with Crippen LogP contribution < -0.4 is 14.2 Å². The second-order valence-corrected chi connectivity index (χ2v) is 10.4. The first kappa shape index (κ1) is 32.9. The Morgan fingerprint density at radius 3 is 2.17 bits per heavy atom. The van der Waals surface area contributed by atoms with E-state index < -0.39 is 12.1 Å². The Labute approximate surface area is 270 Å². The Morgan fingerprint density at radius 1 is 0.787 bits per heavy atom. The summed E-state index contributed by atoms with van der Waals surface area (Å²) in [4.78, 5) is 38.6. The average Bonchev–Trinajstić information content (AvgIpc) is 3.73. The van der Waals surface area contributed by atoms with Gasteiger partial charge in [0.15, 0.2) is 34.4 Å². The summed E-state index contributed by atoms with van der Waals surface area (Å²) in [6.07, 6.45) is 3.71. The zero-order chi connectivity index (χ0) is 33.8. The van der Waals surface area contributed by atoms with Crippen molar-refractivity contribution in [2.45, 2.75) is 33.2 Å². The van der Waals surface area contributed by atoms with Crippen LogP contribution in [0.1, 0.15) is 57.0 Å². The van der Waals surface area contributed by atoms with Gasteiger partial charge in [-0.25, -0.2) is 4.79 Å². The fourth-order valence-electron chi connectivity index (χ4n) is 5.57. The Balaban J connectivity index is 1.47. The lowest BCUT2D eigenvalue weighted by Crippen LogP contribution is -2.20. The molecule has 0 fully saturated rings. The zero-order valence-corrected chi connectivity index (χ0v) is 27.0. The van der Waals surface area contributed by atoms with Gasteiger partial charge in [0.05, 0.1) is 76.8 Å². The van der Waals surface area contributed by atoms with E-state index in [9.17, 15) is 14.4 Å². The van der Waals surface area contributed by atoms with Crippen molar-refractivity contribution in [2.75, 3.05) is 35.5 Å². The first-order valence-electron chi connectivity index (χ1n) is 14.4. The molecule has 47 heavy (non-hydrogen) atoms. The van der Waals surface area contributed by atoms with Gasteiger partial charge in [0.25, 0.3) is 0 Å². The third-order valence-electron chi connectivity index (χ3n) is 7.69. The van der Waals surface area contributed by atoms with Gasteiger partial charge in [0.1, 0.15) is 29.8 Å². The molecule has 2 heterocycles. The number of hydrogen-bond acceptors (Lipinski definition) is 12. The molecule has 0 spiro atoms. The molecule has 0 saturated heterocycles. The largest absolute Gasteiger partial charge is 0.495 e. The van der Waals surface area contributed by atoms with Gasteiger partial charge in [-0.05, 0) is 43.7 Å². The topological polar surface area (TPSA) is 142 Å². The minimum atomic E-state index is -0.867. The Hall–Kier alpha value is -5.49. The van der Waals surface area contributed by atoms with Crippen LogP contribution in [-0.4, -0.2) is 59.2 Å². The number of hydrogen-bond donors (Lipinski definition) is 0. The molecule has 0 saturated carbocycles. The number of carbonyl (C=O) groups excluding carboxylic acids is 3. The van der Waals surface area contributed by atoms with Crippen molar-refractivity contribution in [3.63, 3.8) is 0 Å². The summed E-state index contributed by atoms with van der Waals surface area (Å²) in [5.74, 6) is 0.472. The van der Waals surface area contributed by atoms with E-state index >= 15 is 0 Å². The van der Waals surface area contributed by atoms with Crippen LogP contribution in [0.2, 0.25) is 0 Å². The predicted octanol–water partition coefficient (Wildman–Crippen LogP) is 6.14. The van der Waals surface area contributed by atoms with Crippen molar-refractivity contribution in [2.24, 2.45) is 0 Å². The fourth-order valence-corrected chi connectivity index (χ4v) is 5.57. The van der Waals surface area contributed by atoms with Crippen LogP contribution in [0.25, 0.3) is 22.5 Å². The Morgan fingerprint density at radius 2 is 1.53 bits per heavy atom. The molecule has 5 rings (SSSR count). The molecule has 0 bridgehead atoms. The standard InChI is InChI=1S/C35H34O12/c1-18(36)27-25(15-26(39-3)29-22(10-12-44-29)30(27)40-4)46-16-20-8-9-21(24(14-20)35(38)43-7)17-47-33-28(19(2)37)31(41-5)23-11-13-45-32(23)34(33)42-6/h8-15,25H,16-17H2,1-7H3. The SMILES string of the molecule is COC(=O)c1cc(COC2C=C(OC)c3occc3C(OC)=C2C(C)=O)ccc1COc1c(C(C)=O)c(OC)c2ccoc2c1OC. The van der Waals surface area contributed by atoms with Crippen LogP contribution in [0.15, 0.2) is 63.3 Å². The number of furan rings is 2. The van der Waals surface area contributed by atoms with Crippen LogP contribution >= 0.6 is 0 Å². The fraction of sp³-hybridized carbons (Fsp3) is 0.286. The van der Waals surface area contributed by atoms with Gasteiger partial charge >= 0.3 is 5.97 Å². The molecular weight excluding hydrogens is 612 g/mol. The molecule has 0 N–H and O–H groups in total. The Kier molecular flexibility index (Phi) is 9.71. The molecule has 0 aliphatic heterocycles. The number of Topliss-reactive ketones (excluding diaryl/α,β-unsaturated/α-hetero) is 2. The van der Waals surface area contributed by atoms with Gasteiger partial charge < -0.3 is 42.0 Å². The van der Waals surface area contributed by atoms with Gasteiger partial charge in [0.2, 0.25) is 5.75 Å². The third kappa shape index (κ3) is 6.07. The monoisotopic (exact) mass is 646 g/mol. The lowest BCUT2D eigenvalue weighted by Gasteiger charge is -2.19. The molecule has 1 unspecified atom stereocenters. The van der Waals surface area contributed by atoms with Gasteiger partial charge in [-0.1, -0.05) is 12.1 Å². The minimum Gasteiger partial charge on any atom is -0.495 e. The van der Waals surface area contributed by atoms with E-state index in [0.29, 0.717) is 44.9 Å². The smallest absolute Gasteiger partial charge is 0.338 e. The molecule has 2 aromatic carbocycles. The number of ether oxygens (including phenoxy) is 7. The van der Waals surface area contributed by atoms with Crippen molar-refractivity contribution >= 4 is 40.0 Å². The number of rotatable bonds is 13. The molecule has 0 radical (unpaired) electrons. The summed E-state index contributed by atoms with van der Waals surface area (Å²) in [6, 6.07) is 8.41. The number of esters is 1. The van der Waals surface area contributed by atoms with Crippen LogP contribution in [0, 0.1) is 0 Å². The highest BCUT2D eigenvalue weighted by atomic mass is 16.5. The number of methoxy groups -OCH3 is 5. The van der Waals surface area contributed by atoms with Crippen molar-refractivity contribution in [1.82, 2.24) is 0 Å². The zero-order valence-electron chi connectivity index (χ0n) is 27.0. The van der Waals surface area contributed by atoms with Crippen molar-refractivity contribution < 1.29 is 56.4 Å². The van der Waals surface area contributed by atoms with Crippen LogP contribution in [0.4, 0.5) is 0 Å². The molecule has 1 atom stereocenters. The number of carbonyl (C=O) groups is 3. The van der Waals surface area contributed by atoms with Crippen molar-refractivity contribution in [3.8, 4) is 17.2 Å². The summed E-state index contributed by atoms with van der Waals surface area (Å²) in [6.45, 7) is 2.66. The maximum absolute atomic E-state index is 13.0. The molecule has 4 aromatic rings. The van der Waals surface area contributed by atoms with Gasteiger partial charge in [-0.15, -0.1) is 0 Å². The highest BCUT2D eigenvalue weighted by Gasteiger charge is 2.32. The summed E-state index contributed by atoms with van der Waals surface area (Å²) >= 11 is 0. The maximum Gasteiger partial charge on any atom is 0.338 e. The number of benzene rings is 2.